The molecule has 0 saturated carbocycles. The molecule has 1 fully saturated rings. The molecule has 0 unspecified atom stereocenters. The lowest BCUT2D eigenvalue weighted by Crippen LogP contribution is -2.51. The van der Waals surface area contributed by atoms with Gasteiger partial charge in [0.15, 0.2) is 6.10 Å². The molecule has 1 heterocycles. The van der Waals surface area contributed by atoms with Gasteiger partial charge >= 0.3 is 5.97 Å². The van der Waals surface area contributed by atoms with E-state index in [1.54, 1.807) is 13.0 Å². The van der Waals surface area contributed by atoms with Crippen molar-refractivity contribution in [2.45, 2.75) is 58.2 Å². The van der Waals surface area contributed by atoms with Crippen LogP contribution in [0.25, 0.3) is 6.08 Å². The van der Waals surface area contributed by atoms with Gasteiger partial charge in [-0.1, -0.05) is 28.1 Å². The van der Waals surface area contributed by atoms with E-state index in [1.807, 2.05) is 29.2 Å². The van der Waals surface area contributed by atoms with Gasteiger partial charge in [0.25, 0.3) is 5.91 Å². The van der Waals surface area contributed by atoms with Gasteiger partial charge < -0.3 is 9.64 Å². The number of rotatable bonds is 4. The largest absolute Gasteiger partial charge is 0.449 e. The van der Waals surface area contributed by atoms with E-state index in [9.17, 15) is 9.59 Å². The molecule has 0 radical (unpaired) electrons. The highest BCUT2D eigenvalue weighted by Crippen LogP contribution is 2.23. The van der Waals surface area contributed by atoms with Crippen LogP contribution in [0.3, 0.4) is 0 Å². The first-order valence-electron chi connectivity index (χ1n) is 8.35. The number of carbonyl (C=O) groups excluding carboxylic acids is 2. The standard InChI is InChI=1S/C19H24BrNO3/c1-13-6-4-7-14(2)21(13)19(23)15(3)24-18(22)11-10-16-8-5-9-17(20)12-16/h5,8-15H,4,6-7H2,1-3H3/b11-10+/t13-,14-,15-/m1/s1. The summed E-state index contributed by atoms with van der Waals surface area (Å²) >= 11 is 3.38. The third-order valence-electron chi connectivity index (χ3n) is 4.35. The van der Waals surface area contributed by atoms with Crippen LogP contribution in [0.5, 0.6) is 0 Å². The van der Waals surface area contributed by atoms with E-state index >= 15 is 0 Å². The van der Waals surface area contributed by atoms with Gasteiger partial charge in [-0.2, -0.15) is 0 Å². The number of likely N-dealkylation sites (tertiary alicyclic amines) is 1. The van der Waals surface area contributed by atoms with Crippen molar-refractivity contribution in [1.82, 2.24) is 4.90 Å². The minimum atomic E-state index is -0.771. The molecule has 0 aliphatic carbocycles. The summed E-state index contributed by atoms with van der Waals surface area (Å²) in [6, 6.07) is 7.98. The molecule has 24 heavy (non-hydrogen) atoms. The number of halogens is 1. The molecule has 0 bridgehead atoms. The average molecular weight is 394 g/mol. The molecule has 4 nitrogen and oxygen atoms in total. The van der Waals surface area contributed by atoms with Crippen molar-refractivity contribution in [2.75, 3.05) is 0 Å². The number of carbonyl (C=O) groups is 2. The number of hydrogen-bond donors (Lipinski definition) is 0. The normalized spacial score (nSPS) is 22.4. The summed E-state index contributed by atoms with van der Waals surface area (Å²) in [6.45, 7) is 5.74. The van der Waals surface area contributed by atoms with E-state index in [4.69, 9.17) is 4.74 Å². The fourth-order valence-corrected chi connectivity index (χ4v) is 3.52. The van der Waals surface area contributed by atoms with E-state index < -0.39 is 12.1 Å². The lowest BCUT2D eigenvalue weighted by Gasteiger charge is -2.40. The van der Waals surface area contributed by atoms with E-state index in [0.29, 0.717) is 0 Å². The van der Waals surface area contributed by atoms with E-state index in [2.05, 4.69) is 29.8 Å². The van der Waals surface area contributed by atoms with Gasteiger partial charge in [0.2, 0.25) is 0 Å². The summed E-state index contributed by atoms with van der Waals surface area (Å²) in [7, 11) is 0. The van der Waals surface area contributed by atoms with Crippen molar-refractivity contribution in [3.8, 4) is 0 Å². The first-order chi connectivity index (χ1) is 11.4. The quantitative estimate of drug-likeness (QED) is 0.569. The highest BCUT2D eigenvalue weighted by molar-refractivity contribution is 9.10. The van der Waals surface area contributed by atoms with E-state index in [0.717, 1.165) is 29.3 Å². The Morgan fingerprint density at radius 2 is 1.96 bits per heavy atom. The zero-order chi connectivity index (χ0) is 17.7. The molecule has 130 valence electrons. The van der Waals surface area contributed by atoms with E-state index in [-0.39, 0.29) is 18.0 Å². The number of benzene rings is 1. The maximum atomic E-state index is 12.6. The minimum absolute atomic E-state index is 0.112. The summed E-state index contributed by atoms with van der Waals surface area (Å²) in [4.78, 5) is 26.4. The molecule has 1 amide bonds. The van der Waals surface area contributed by atoms with Gasteiger partial charge in [-0.15, -0.1) is 0 Å². The van der Waals surface area contributed by atoms with Crippen LogP contribution in [0.15, 0.2) is 34.8 Å². The lowest BCUT2D eigenvalue weighted by molar-refractivity contribution is -0.158. The van der Waals surface area contributed by atoms with Crippen LogP contribution in [-0.4, -0.2) is 35.0 Å². The Morgan fingerprint density at radius 1 is 1.29 bits per heavy atom. The molecule has 1 saturated heterocycles. The Kier molecular flexibility index (Phi) is 6.60. The number of piperidine rings is 1. The Bertz CT molecular complexity index is 619. The zero-order valence-corrected chi connectivity index (χ0v) is 16.0. The fourth-order valence-electron chi connectivity index (χ4n) is 3.10. The number of ether oxygens (including phenoxy) is 1. The number of amides is 1. The van der Waals surface area contributed by atoms with Crippen molar-refractivity contribution in [2.24, 2.45) is 0 Å². The average Bonchev–Trinajstić information content (AvgIpc) is 2.52. The molecule has 5 heteroatoms. The number of esters is 1. The van der Waals surface area contributed by atoms with Gasteiger partial charge in [-0.05, 0) is 63.8 Å². The second kappa shape index (κ2) is 8.47. The third-order valence-corrected chi connectivity index (χ3v) is 4.84. The highest BCUT2D eigenvalue weighted by Gasteiger charge is 2.32. The molecule has 2 rings (SSSR count). The number of nitrogens with zero attached hydrogens (tertiary/aromatic N) is 1. The van der Waals surface area contributed by atoms with Crippen molar-refractivity contribution >= 4 is 33.9 Å². The van der Waals surface area contributed by atoms with Crippen molar-refractivity contribution in [3.63, 3.8) is 0 Å². The molecule has 3 atom stereocenters. The van der Waals surface area contributed by atoms with Crippen LogP contribution in [0.2, 0.25) is 0 Å². The van der Waals surface area contributed by atoms with Crippen molar-refractivity contribution < 1.29 is 14.3 Å². The van der Waals surface area contributed by atoms with Crippen LogP contribution in [-0.2, 0) is 14.3 Å². The minimum Gasteiger partial charge on any atom is -0.449 e. The van der Waals surface area contributed by atoms with E-state index in [1.165, 1.54) is 6.08 Å². The molecule has 1 aliphatic rings. The first kappa shape index (κ1) is 18.7. The van der Waals surface area contributed by atoms with Crippen LogP contribution < -0.4 is 0 Å². The van der Waals surface area contributed by atoms with Gasteiger partial charge in [0, 0.05) is 22.6 Å². The Hall–Kier alpha value is -1.62. The second-order valence-electron chi connectivity index (χ2n) is 6.34. The second-order valence-corrected chi connectivity index (χ2v) is 7.26. The maximum absolute atomic E-state index is 12.6. The molecule has 0 N–H and O–H groups in total. The molecular weight excluding hydrogens is 370 g/mol. The fraction of sp³-hybridized carbons (Fsp3) is 0.474. The smallest absolute Gasteiger partial charge is 0.331 e. The zero-order valence-electron chi connectivity index (χ0n) is 14.4. The van der Waals surface area contributed by atoms with Crippen LogP contribution in [0, 0.1) is 0 Å². The summed E-state index contributed by atoms with van der Waals surface area (Å²) in [5.41, 5.74) is 0.888. The number of hydrogen-bond acceptors (Lipinski definition) is 3. The molecule has 1 aliphatic heterocycles. The van der Waals surface area contributed by atoms with Crippen molar-refractivity contribution in [3.05, 3.63) is 40.4 Å². The Labute approximate surface area is 152 Å². The van der Waals surface area contributed by atoms with Gasteiger partial charge in [0.05, 0.1) is 0 Å². The van der Waals surface area contributed by atoms with Gasteiger partial charge in [-0.3, -0.25) is 4.79 Å². The molecule has 1 aromatic rings. The third kappa shape index (κ3) is 4.94. The van der Waals surface area contributed by atoms with Crippen molar-refractivity contribution in [1.29, 1.82) is 0 Å². The summed E-state index contributed by atoms with van der Waals surface area (Å²) < 4.78 is 6.22. The van der Waals surface area contributed by atoms with Gasteiger partial charge in [0.1, 0.15) is 0 Å². The predicted molar refractivity (Wildman–Crippen MR) is 98.4 cm³/mol. The molecule has 0 aromatic heterocycles. The monoisotopic (exact) mass is 393 g/mol. The Balaban J connectivity index is 1.94. The van der Waals surface area contributed by atoms with Crippen LogP contribution in [0.4, 0.5) is 0 Å². The molecule has 1 aromatic carbocycles. The lowest BCUT2D eigenvalue weighted by atomic mass is 9.97. The topological polar surface area (TPSA) is 46.6 Å². The first-order valence-corrected chi connectivity index (χ1v) is 9.14. The Morgan fingerprint density at radius 3 is 2.58 bits per heavy atom. The predicted octanol–water partition coefficient (Wildman–Crippen LogP) is 4.18. The SMILES string of the molecule is C[C@@H]1CCC[C@@H](C)N1C(=O)[C@@H](C)OC(=O)/C=C/c1cccc(Br)c1. The summed E-state index contributed by atoms with van der Waals surface area (Å²) in [5.74, 6) is -0.618. The van der Waals surface area contributed by atoms with Crippen LogP contribution in [0.1, 0.15) is 45.6 Å². The van der Waals surface area contributed by atoms with Gasteiger partial charge in [-0.25, -0.2) is 4.79 Å². The molecule has 0 spiro atoms. The highest BCUT2D eigenvalue weighted by atomic mass is 79.9. The van der Waals surface area contributed by atoms with Crippen LogP contribution >= 0.6 is 15.9 Å². The molecular formula is C19H24BrNO3. The summed E-state index contributed by atoms with van der Waals surface area (Å²) in [5, 5.41) is 0. The maximum Gasteiger partial charge on any atom is 0.331 e. The summed E-state index contributed by atoms with van der Waals surface area (Å²) in [6.07, 6.45) is 5.40.